The predicted octanol–water partition coefficient (Wildman–Crippen LogP) is 4.67. The molecule has 2 aromatic carbocycles. The number of benzene rings is 2. The molecular weight excluding hydrogens is 431 g/mol. The van der Waals surface area contributed by atoms with Gasteiger partial charge in [0.05, 0.1) is 16.1 Å². The fourth-order valence-electron chi connectivity index (χ4n) is 3.22. The second-order valence-electron chi connectivity index (χ2n) is 6.89. The van der Waals surface area contributed by atoms with Crippen molar-refractivity contribution in [3.8, 4) is 0 Å². The number of piperidine rings is 1. The highest BCUT2D eigenvalue weighted by atomic mass is 35.5. The molecule has 3 rings (SSSR count). The van der Waals surface area contributed by atoms with E-state index < -0.39 is 51.8 Å². The lowest BCUT2D eigenvalue weighted by Gasteiger charge is -2.33. The number of alkyl halides is 3. The van der Waals surface area contributed by atoms with E-state index in [2.05, 4.69) is 5.32 Å². The number of hydrogen-bond donors (Lipinski definition) is 1. The fourth-order valence-corrected chi connectivity index (χ4v) is 3.37. The van der Waals surface area contributed by atoms with Crippen molar-refractivity contribution in [1.82, 2.24) is 10.2 Å². The highest BCUT2D eigenvalue weighted by molar-refractivity contribution is 6.30. The van der Waals surface area contributed by atoms with Crippen LogP contribution in [0.4, 0.5) is 22.0 Å². The van der Waals surface area contributed by atoms with E-state index in [4.69, 9.17) is 11.6 Å². The van der Waals surface area contributed by atoms with Crippen LogP contribution in [-0.2, 0) is 6.18 Å². The van der Waals surface area contributed by atoms with E-state index in [1.165, 1.54) is 4.90 Å². The Morgan fingerprint density at radius 2 is 1.73 bits per heavy atom. The standard InChI is InChI=1S/C20H16ClF5N2O2/c21-15-9-16(22)14(8-17(15)23)19(30)28-7-1-2-13(10-28)27-18(29)11-3-5-12(6-4-11)20(24,25)26/h3-6,8-9,13H,1-2,7,10H2,(H,27,29). The Balaban J connectivity index is 1.67. The summed E-state index contributed by atoms with van der Waals surface area (Å²) in [7, 11) is 0. The topological polar surface area (TPSA) is 49.4 Å². The molecule has 1 heterocycles. The van der Waals surface area contributed by atoms with Crippen molar-refractivity contribution in [2.24, 2.45) is 0 Å². The smallest absolute Gasteiger partial charge is 0.348 e. The first kappa shape index (κ1) is 22.0. The van der Waals surface area contributed by atoms with Crippen LogP contribution in [0.1, 0.15) is 39.1 Å². The molecule has 2 amide bonds. The molecule has 30 heavy (non-hydrogen) atoms. The third-order valence-corrected chi connectivity index (χ3v) is 5.05. The Kier molecular flexibility index (Phi) is 6.30. The molecule has 0 radical (unpaired) electrons. The zero-order chi connectivity index (χ0) is 22.1. The maximum absolute atomic E-state index is 14.0. The summed E-state index contributed by atoms with van der Waals surface area (Å²) >= 11 is 5.50. The molecule has 0 bridgehead atoms. The van der Waals surface area contributed by atoms with Gasteiger partial charge in [-0.15, -0.1) is 0 Å². The first-order valence-electron chi connectivity index (χ1n) is 8.98. The van der Waals surface area contributed by atoms with Crippen LogP contribution in [0.5, 0.6) is 0 Å². The summed E-state index contributed by atoms with van der Waals surface area (Å²) in [5.41, 5.74) is -1.30. The van der Waals surface area contributed by atoms with E-state index in [0.29, 0.717) is 12.8 Å². The van der Waals surface area contributed by atoms with Crippen molar-refractivity contribution < 1.29 is 31.5 Å². The normalized spacial score (nSPS) is 17.0. The number of rotatable bonds is 3. The van der Waals surface area contributed by atoms with E-state index in [1.807, 2.05) is 0 Å². The number of nitrogens with one attached hydrogen (secondary N) is 1. The molecule has 0 spiro atoms. The van der Waals surface area contributed by atoms with Gasteiger partial charge in [0.1, 0.15) is 11.6 Å². The minimum Gasteiger partial charge on any atom is -0.348 e. The van der Waals surface area contributed by atoms with Gasteiger partial charge in [-0.3, -0.25) is 9.59 Å². The maximum atomic E-state index is 14.0. The van der Waals surface area contributed by atoms with Gasteiger partial charge in [-0.1, -0.05) is 11.6 Å². The molecule has 0 saturated carbocycles. The average Bonchev–Trinajstić information content (AvgIpc) is 2.70. The summed E-state index contributed by atoms with van der Waals surface area (Å²) in [5, 5.41) is 2.22. The predicted molar refractivity (Wildman–Crippen MR) is 99.2 cm³/mol. The van der Waals surface area contributed by atoms with Crippen LogP contribution < -0.4 is 5.32 Å². The largest absolute Gasteiger partial charge is 0.416 e. The maximum Gasteiger partial charge on any atom is 0.416 e. The molecule has 1 unspecified atom stereocenters. The van der Waals surface area contributed by atoms with E-state index in [-0.39, 0.29) is 18.7 Å². The number of hydrogen-bond acceptors (Lipinski definition) is 2. The van der Waals surface area contributed by atoms with Crippen LogP contribution >= 0.6 is 11.6 Å². The number of carbonyl (C=O) groups excluding carboxylic acids is 2. The average molecular weight is 447 g/mol. The molecule has 1 aliphatic rings. The molecule has 2 aromatic rings. The molecular formula is C20H16ClF5N2O2. The zero-order valence-corrected chi connectivity index (χ0v) is 16.2. The molecule has 4 nitrogen and oxygen atoms in total. The van der Waals surface area contributed by atoms with Crippen LogP contribution in [0.15, 0.2) is 36.4 Å². The number of nitrogens with zero attached hydrogens (tertiary/aromatic N) is 1. The number of halogens is 6. The van der Waals surface area contributed by atoms with E-state index in [0.717, 1.165) is 36.4 Å². The van der Waals surface area contributed by atoms with Gasteiger partial charge < -0.3 is 10.2 Å². The second-order valence-corrected chi connectivity index (χ2v) is 7.29. The van der Waals surface area contributed by atoms with Crippen LogP contribution in [0.25, 0.3) is 0 Å². The minimum absolute atomic E-state index is 0.0391. The third-order valence-electron chi connectivity index (χ3n) is 4.76. The van der Waals surface area contributed by atoms with Crippen molar-refractivity contribution in [2.75, 3.05) is 13.1 Å². The van der Waals surface area contributed by atoms with Crippen molar-refractivity contribution in [3.63, 3.8) is 0 Å². The quantitative estimate of drug-likeness (QED) is 0.550. The summed E-state index contributed by atoms with van der Waals surface area (Å²) in [5.74, 6) is -3.21. The molecule has 1 N–H and O–H groups in total. The highest BCUT2D eigenvalue weighted by Gasteiger charge is 2.31. The molecule has 1 atom stereocenters. The van der Waals surface area contributed by atoms with Crippen molar-refractivity contribution in [1.29, 1.82) is 0 Å². The zero-order valence-electron chi connectivity index (χ0n) is 15.4. The molecule has 1 saturated heterocycles. The van der Waals surface area contributed by atoms with Gasteiger partial charge in [-0.05, 0) is 49.2 Å². The molecule has 160 valence electrons. The Hall–Kier alpha value is -2.68. The van der Waals surface area contributed by atoms with Gasteiger partial charge in [-0.25, -0.2) is 8.78 Å². The van der Waals surface area contributed by atoms with E-state index >= 15 is 0 Å². The van der Waals surface area contributed by atoms with Crippen LogP contribution in [0.2, 0.25) is 5.02 Å². The van der Waals surface area contributed by atoms with E-state index in [1.54, 1.807) is 0 Å². The summed E-state index contributed by atoms with van der Waals surface area (Å²) < 4.78 is 65.6. The van der Waals surface area contributed by atoms with Gasteiger partial charge in [0, 0.05) is 24.7 Å². The van der Waals surface area contributed by atoms with Gasteiger partial charge >= 0.3 is 6.18 Å². The molecule has 1 aliphatic heterocycles. The molecule has 10 heteroatoms. The lowest BCUT2D eigenvalue weighted by atomic mass is 10.0. The summed E-state index contributed by atoms with van der Waals surface area (Å²) in [6, 6.07) is 4.71. The number of carbonyl (C=O) groups is 2. The SMILES string of the molecule is O=C(NC1CCCN(C(=O)c2cc(F)c(Cl)cc2F)C1)c1ccc(C(F)(F)F)cc1. The van der Waals surface area contributed by atoms with Gasteiger partial charge in [0.15, 0.2) is 0 Å². The molecule has 1 fully saturated rings. The van der Waals surface area contributed by atoms with Crippen molar-refractivity contribution >= 4 is 23.4 Å². The van der Waals surface area contributed by atoms with E-state index in [9.17, 15) is 31.5 Å². The van der Waals surface area contributed by atoms with Crippen LogP contribution in [0, 0.1) is 11.6 Å². The summed E-state index contributed by atoms with van der Waals surface area (Å²) in [4.78, 5) is 26.2. The van der Waals surface area contributed by atoms with Gasteiger partial charge in [0.2, 0.25) is 0 Å². The first-order chi connectivity index (χ1) is 14.1. The Morgan fingerprint density at radius 1 is 1.07 bits per heavy atom. The number of likely N-dealkylation sites (tertiary alicyclic amines) is 1. The molecule has 0 aromatic heterocycles. The first-order valence-corrected chi connectivity index (χ1v) is 9.36. The van der Waals surface area contributed by atoms with Crippen molar-refractivity contribution in [3.05, 3.63) is 69.7 Å². The molecule has 0 aliphatic carbocycles. The van der Waals surface area contributed by atoms with Gasteiger partial charge in [0.25, 0.3) is 11.8 Å². The Labute approximate surface area is 173 Å². The highest BCUT2D eigenvalue weighted by Crippen LogP contribution is 2.29. The van der Waals surface area contributed by atoms with Crippen LogP contribution in [0.3, 0.4) is 0 Å². The number of amides is 2. The third kappa shape index (κ3) is 4.89. The summed E-state index contributed by atoms with van der Waals surface area (Å²) in [6.07, 6.45) is -3.48. The lowest BCUT2D eigenvalue weighted by molar-refractivity contribution is -0.137. The lowest BCUT2D eigenvalue weighted by Crippen LogP contribution is -2.49. The van der Waals surface area contributed by atoms with Crippen LogP contribution in [-0.4, -0.2) is 35.8 Å². The Morgan fingerprint density at radius 3 is 2.37 bits per heavy atom. The second kappa shape index (κ2) is 8.59. The Bertz CT molecular complexity index is 963. The fraction of sp³-hybridized carbons (Fsp3) is 0.300. The minimum atomic E-state index is -4.50. The monoisotopic (exact) mass is 446 g/mol. The van der Waals surface area contributed by atoms with Crippen molar-refractivity contribution in [2.45, 2.75) is 25.1 Å². The summed E-state index contributed by atoms with van der Waals surface area (Å²) in [6.45, 7) is 0.337. The van der Waals surface area contributed by atoms with Gasteiger partial charge in [-0.2, -0.15) is 13.2 Å².